The highest BCUT2D eigenvalue weighted by molar-refractivity contribution is 5.01. The van der Waals surface area contributed by atoms with Crippen molar-refractivity contribution in [3.63, 3.8) is 0 Å². The number of aromatic nitrogens is 3. The molecule has 0 amide bonds. The zero-order chi connectivity index (χ0) is 15.3. The first-order valence-electron chi connectivity index (χ1n) is 7.66. The van der Waals surface area contributed by atoms with Crippen LogP contribution in [0.3, 0.4) is 0 Å². The van der Waals surface area contributed by atoms with Gasteiger partial charge >= 0.3 is 0 Å². The minimum atomic E-state index is 0.101. The van der Waals surface area contributed by atoms with E-state index in [4.69, 9.17) is 0 Å². The average Bonchev–Trinajstić information content (AvgIpc) is 2.85. The van der Waals surface area contributed by atoms with Crippen LogP contribution < -0.4 is 5.32 Å². The summed E-state index contributed by atoms with van der Waals surface area (Å²) in [5, 5.41) is 7.98. The van der Waals surface area contributed by atoms with Gasteiger partial charge in [-0.25, -0.2) is 9.67 Å². The lowest BCUT2D eigenvalue weighted by atomic mass is 9.85. The SMILES string of the molecule is CCNC(Cc1ncnn1C(C)C)C(C)(CC)N(C)C. The Balaban J connectivity index is 3.00. The van der Waals surface area contributed by atoms with Crippen LogP contribution in [0.2, 0.25) is 0 Å². The van der Waals surface area contributed by atoms with Gasteiger partial charge < -0.3 is 10.2 Å². The molecule has 0 spiro atoms. The van der Waals surface area contributed by atoms with Crippen molar-refractivity contribution in [1.29, 1.82) is 0 Å². The molecular weight excluding hydrogens is 250 g/mol. The van der Waals surface area contributed by atoms with Crippen LogP contribution in [0.5, 0.6) is 0 Å². The molecule has 0 aliphatic carbocycles. The largest absolute Gasteiger partial charge is 0.312 e. The fourth-order valence-corrected chi connectivity index (χ4v) is 2.67. The normalized spacial score (nSPS) is 16.6. The monoisotopic (exact) mass is 281 g/mol. The first kappa shape index (κ1) is 17.1. The summed E-state index contributed by atoms with van der Waals surface area (Å²) in [6, 6.07) is 0.705. The van der Waals surface area contributed by atoms with Gasteiger partial charge in [-0.3, -0.25) is 0 Å². The third-order valence-corrected chi connectivity index (χ3v) is 4.46. The van der Waals surface area contributed by atoms with Crippen LogP contribution in [0, 0.1) is 0 Å². The summed E-state index contributed by atoms with van der Waals surface area (Å²) in [6.07, 6.45) is 3.65. The molecule has 5 nitrogen and oxygen atoms in total. The Bertz CT molecular complexity index is 399. The van der Waals surface area contributed by atoms with E-state index in [1.807, 2.05) is 4.68 Å². The van der Waals surface area contributed by atoms with Crippen LogP contribution in [-0.4, -0.2) is 51.9 Å². The highest BCUT2D eigenvalue weighted by Crippen LogP contribution is 2.24. The van der Waals surface area contributed by atoms with E-state index in [1.165, 1.54) is 0 Å². The van der Waals surface area contributed by atoms with Crippen LogP contribution in [0.15, 0.2) is 6.33 Å². The fourth-order valence-electron chi connectivity index (χ4n) is 2.67. The van der Waals surface area contributed by atoms with Crippen LogP contribution in [0.4, 0.5) is 0 Å². The molecule has 2 unspecified atom stereocenters. The van der Waals surface area contributed by atoms with Gasteiger partial charge in [-0.1, -0.05) is 13.8 Å². The summed E-state index contributed by atoms with van der Waals surface area (Å²) in [4.78, 5) is 6.78. The molecule has 0 fully saturated rings. The van der Waals surface area contributed by atoms with Crippen molar-refractivity contribution < 1.29 is 0 Å². The van der Waals surface area contributed by atoms with Crippen LogP contribution in [0.25, 0.3) is 0 Å². The number of hydrogen-bond acceptors (Lipinski definition) is 4. The minimum absolute atomic E-state index is 0.101. The van der Waals surface area contributed by atoms with Gasteiger partial charge in [0.15, 0.2) is 0 Å². The first-order valence-corrected chi connectivity index (χ1v) is 7.66. The second-order valence-corrected chi connectivity index (χ2v) is 6.13. The lowest BCUT2D eigenvalue weighted by Gasteiger charge is -2.43. The number of rotatable bonds is 8. The zero-order valence-corrected chi connectivity index (χ0v) is 14.1. The molecule has 2 atom stereocenters. The lowest BCUT2D eigenvalue weighted by Crippen LogP contribution is -2.58. The van der Waals surface area contributed by atoms with Gasteiger partial charge in [0.25, 0.3) is 0 Å². The molecule has 0 saturated carbocycles. The smallest absolute Gasteiger partial charge is 0.138 e. The van der Waals surface area contributed by atoms with Crippen molar-refractivity contribution in [2.75, 3.05) is 20.6 Å². The van der Waals surface area contributed by atoms with Crippen LogP contribution >= 0.6 is 0 Å². The van der Waals surface area contributed by atoms with Gasteiger partial charge in [0.1, 0.15) is 12.2 Å². The molecule has 5 heteroatoms. The Labute approximate surface area is 123 Å². The quantitative estimate of drug-likeness (QED) is 0.793. The average molecular weight is 281 g/mol. The Morgan fingerprint density at radius 3 is 2.45 bits per heavy atom. The van der Waals surface area contributed by atoms with Gasteiger partial charge in [0, 0.05) is 24.0 Å². The van der Waals surface area contributed by atoms with Gasteiger partial charge in [0.2, 0.25) is 0 Å². The molecule has 1 heterocycles. The maximum absolute atomic E-state index is 4.46. The van der Waals surface area contributed by atoms with Gasteiger partial charge in [-0.2, -0.15) is 5.10 Å². The highest BCUT2D eigenvalue weighted by Gasteiger charge is 2.35. The van der Waals surface area contributed by atoms with E-state index >= 15 is 0 Å². The molecule has 20 heavy (non-hydrogen) atoms. The molecular formula is C15H31N5. The fraction of sp³-hybridized carbons (Fsp3) is 0.867. The van der Waals surface area contributed by atoms with Crippen molar-refractivity contribution >= 4 is 0 Å². The number of nitrogens with zero attached hydrogens (tertiary/aromatic N) is 4. The van der Waals surface area contributed by atoms with Crippen molar-refractivity contribution in [2.45, 2.75) is 65.1 Å². The van der Waals surface area contributed by atoms with E-state index in [-0.39, 0.29) is 5.54 Å². The van der Waals surface area contributed by atoms with Crippen molar-refractivity contribution in [3.8, 4) is 0 Å². The Hall–Kier alpha value is -0.940. The van der Waals surface area contributed by atoms with E-state index in [1.54, 1.807) is 6.33 Å². The minimum Gasteiger partial charge on any atom is -0.312 e. The van der Waals surface area contributed by atoms with Crippen molar-refractivity contribution in [1.82, 2.24) is 25.0 Å². The predicted octanol–water partition coefficient (Wildman–Crippen LogP) is 2.11. The summed E-state index contributed by atoms with van der Waals surface area (Å²) >= 11 is 0. The number of hydrogen-bond donors (Lipinski definition) is 1. The predicted molar refractivity (Wildman–Crippen MR) is 84.0 cm³/mol. The molecule has 0 aromatic carbocycles. The van der Waals surface area contributed by atoms with Gasteiger partial charge in [-0.05, 0) is 47.8 Å². The molecule has 0 bridgehead atoms. The summed E-state index contributed by atoms with van der Waals surface area (Å²) in [6.45, 7) is 12.0. The summed E-state index contributed by atoms with van der Waals surface area (Å²) in [7, 11) is 4.31. The molecule has 1 N–H and O–H groups in total. The van der Waals surface area contributed by atoms with E-state index in [9.17, 15) is 0 Å². The van der Waals surface area contributed by atoms with Gasteiger partial charge in [0.05, 0.1) is 0 Å². The number of nitrogens with one attached hydrogen (secondary N) is 1. The maximum Gasteiger partial charge on any atom is 0.138 e. The zero-order valence-electron chi connectivity index (χ0n) is 14.1. The molecule has 1 rings (SSSR count). The van der Waals surface area contributed by atoms with Crippen LogP contribution in [0.1, 0.15) is 52.9 Å². The second-order valence-electron chi connectivity index (χ2n) is 6.13. The van der Waals surface area contributed by atoms with E-state index in [0.29, 0.717) is 12.1 Å². The second kappa shape index (κ2) is 7.18. The molecule has 0 aliphatic rings. The van der Waals surface area contributed by atoms with Crippen LogP contribution in [-0.2, 0) is 6.42 Å². The van der Waals surface area contributed by atoms with Crippen molar-refractivity contribution in [2.24, 2.45) is 0 Å². The Morgan fingerprint density at radius 1 is 1.35 bits per heavy atom. The topological polar surface area (TPSA) is 46.0 Å². The van der Waals surface area contributed by atoms with E-state index < -0.39 is 0 Å². The van der Waals surface area contributed by atoms with Gasteiger partial charge in [-0.15, -0.1) is 0 Å². The Morgan fingerprint density at radius 2 is 2.00 bits per heavy atom. The molecule has 0 radical (unpaired) electrons. The molecule has 116 valence electrons. The summed E-state index contributed by atoms with van der Waals surface area (Å²) < 4.78 is 2.02. The maximum atomic E-state index is 4.46. The molecule has 1 aromatic heterocycles. The molecule has 0 aliphatic heterocycles. The third-order valence-electron chi connectivity index (χ3n) is 4.46. The van der Waals surface area contributed by atoms with E-state index in [0.717, 1.165) is 25.2 Å². The third kappa shape index (κ3) is 3.58. The summed E-state index contributed by atoms with van der Waals surface area (Å²) in [5.74, 6) is 1.06. The Kier molecular flexibility index (Phi) is 6.14. The van der Waals surface area contributed by atoms with Crippen molar-refractivity contribution in [3.05, 3.63) is 12.2 Å². The lowest BCUT2D eigenvalue weighted by molar-refractivity contribution is 0.111. The number of likely N-dealkylation sites (N-methyl/N-ethyl adjacent to an activating group) is 2. The molecule has 0 saturated heterocycles. The highest BCUT2D eigenvalue weighted by atomic mass is 15.3. The molecule has 1 aromatic rings. The first-order chi connectivity index (χ1) is 9.36. The summed E-state index contributed by atoms with van der Waals surface area (Å²) in [5.41, 5.74) is 0.101. The van der Waals surface area contributed by atoms with E-state index in [2.05, 4.69) is 69.0 Å². The standard InChI is InChI=1S/C15H31N5/c1-8-15(5,19(6)7)13(16-9-2)10-14-17-11-18-20(14)12(3)4/h11-13,16H,8-10H2,1-7H3.